The Morgan fingerprint density at radius 2 is 2.38 bits per heavy atom. The summed E-state index contributed by atoms with van der Waals surface area (Å²) in [4.78, 5) is 1.33. The molecule has 2 N–H and O–H groups in total. The fraction of sp³-hybridized carbons (Fsp3) is 0.500. The van der Waals surface area contributed by atoms with E-state index in [0.717, 1.165) is 23.1 Å². The van der Waals surface area contributed by atoms with E-state index in [1.807, 2.05) is 11.8 Å². The maximum atomic E-state index is 8.84. The fourth-order valence-electron chi connectivity index (χ4n) is 1.89. The van der Waals surface area contributed by atoms with Gasteiger partial charge < -0.3 is 10.4 Å². The summed E-state index contributed by atoms with van der Waals surface area (Å²) in [6.45, 7) is 2.40. The summed E-state index contributed by atoms with van der Waals surface area (Å²) < 4.78 is 1.14. The monoisotopic (exact) mass is 301 g/mol. The summed E-state index contributed by atoms with van der Waals surface area (Å²) in [5, 5.41) is 12.4. The van der Waals surface area contributed by atoms with Crippen molar-refractivity contribution < 1.29 is 5.11 Å². The van der Waals surface area contributed by atoms with Crippen LogP contribution in [0.25, 0.3) is 0 Å². The van der Waals surface area contributed by atoms with Gasteiger partial charge in [0.1, 0.15) is 0 Å². The van der Waals surface area contributed by atoms with Gasteiger partial charge in [-0.05, 0) is 53.4 Å². The fourth-order valence-corrected chi connectivity index (χ4v) is 3.93. The highest BCUT2D eigenvalue weighted by Crippen LogP contribution is 2.39. The summed E-state index contributed by atoms with van der Waals surface area (Å²) in [5.41, 5.74) is 2.50. The van der Waals surface area contributed by atoms with Gasteiger partial charge in [0.15, 0.2) is 0 Å². The molecule has 1 aromatic rings. The molecule has 1 atom stereocenters. The van der Waals surface area contributed by atoms with Crippen LogP contribution in [0.2, 0.25) is 0 Å². The molecule has 1 heterocycles. The molecule has 1 aliphatic heterocycles. The maximum Gasteiger partial charge on any atom is 0.0625 e. The van der Waals surface area contributed by atoms with Crippen molar-refractivity contribution in [2.45, 2.75) is 30.7 Å². The van der Waals surface area contributed by atoms with Gasteiger partial charge in [0, 0.05) is 27.8 Å². The van der Waals surface area contributed by atoms with Crippen LogP contribution in [0.3, 0.4) is 0 Å². The van der Waals surface area contributed by atoms with Crippen molar-refractivity contribution >= 4 is 33.4 Å². The van der Waals surface area contributed by atoms with Crippen LogP contribution >= 0.6 is 27.7 Å². The third-order valence-corrected chi connectivity index (χ3v) is 4.53. The zero-order valence-electron chi connectivity index (χ0n) is 9.29. The Morgan fingerprint density at radius 1 is 1.56 bits per heavy atom. The lowest BCUT2D eigenvalue weighted by Crippen LogP contribution is -2.26. The molecule has 1 unspecified atom stereocenters. The van der Waals surface area contributed by atoms with E-state index in [1.54, 1.807) is 0 Å². The lowest BCUT2D eigenvalue weighted by Gasteiger charge is -2.27. The summed E-state index contributed by atoms with van der Waals surface area (Å²) >= 11 is 5.50. The van der Waals surface area contributed by atoms with Gasteiger partial charge in [-0.15, -0.1) is 11.8 Å². The Labute approximate surface area is 109 Å². The number of anilines is 1. The quantitative estimate of drug-likeness (QED) is 0.897. The van der Waals surface area contributed by atoms with Crippen LogP contribution in [0.15, 0.2) is 21.5 Å². The van der Waals surface area contributed by atoms with Gasteiger partial charge in [-0.2, -0.15) is 0 Å². The molecule has 1 aliphatic rings. The predicted molar refractivity (Wildman–Crippen MR) is 73.3 cm³/mol. The van der Waals surface area contributed by atoms with E-state index in [-0.39, 0.29) is 6.61 Å². The molecule has 1 aromatic carbocycles. The standard InChI is InChI=1S/C12H16BrNOS/c1-8-5-10(13)12-11(6-8)16-7-9(14-12)3-2-4-15/h5-6,9,14-15H,2-4,7H2,1H3. The summed E-state index contributed by atoms with van der Waals surface area (Å²) in [7, 11) is 0. The molecule has 0 fully saturated rings. The number of fused-ring (bicyclic) bond motifs is 1. The minimum absolute atomic E-state index is 0.283. The van der Waals surface area contributed by atoms with Crippen molar-refractivity contribution in [1.29, 1.82) is 0 Å². The number of aliphatic hydroxyl groups is 1. The highest BCUT2D eigenvalue weighted by molar-refractivity contribution is 9.10. The number of rotatable bonds is 3. The van der Waals surface area contributed by atoms with Crippen molar-refractivity contribution in [3.05, 3.63) is 22.2 Å². The van der Waals surface area contributed by atoms with Crippen LogP contribution in [0.1, 0.15) is 18.4 Å². The van der Waals surface area contributed by atoms with Crippen LogP contribution in [0.4, 0.5) is 5.69 Å². The largest absolute Gasteiger partial charge is 0.396 e. The zero-order chi connectivity index (χ0) is 11.5. The minimum atomic E-state index is 0.283. The molecule has 0 bridgehead atoms. The Morgan fingerprint density at radius 3 is 3.12 bits per heavy atom. The van der Waals surface area contributed by atoms with Crippen molar-refractivity contribution in [3.8, 4) is 0 Å². The lowest BCUT2D eigenvalue weighted by molar-refractivity contribution is 0.282. The second kappa shape index (κ2) is 5.43. The van der Waals surface area contributed by atoms with Gasteiger partial charge in [0.25, 0.3) is 0 Å². The van der Waals surface area contributed by atoms with Gasteiger partial charge >= 0.3 is 0 Å². The van der Waals surface area contributed by atoms with E-state index < -0.39 is 0 Å². The third-order valence-electron chi connectivity index (χ3n) is 2.70. The van der Waals surface area contributed by atoms with Gasteiger partial charge in [-0.3, -0.25) is 0 Å². The summed E-state index contributed by atoms with van der Waals surface area (Å²) in [6.07, 6.45) is 1.90. The average Bonchev–Trinajstić information content (AvgIpc) is 2.26. The highest BCUT2D eigenvalue weighted by Gasteiger charge is 2.19. The van der Waals surface area contributed by atoms with E-state index in [1.165, 1.54) is 16.1 Å². The maximum absolute atomic E-state index is 8.84. The Kier molecular flexibility index (Phi) is 4.16. The Bertz CT molecular complexity index is 384. The zero-order valence-corrected chi connectivity index (χ0v) is 11.7. The number of aryl methyl sites for hydroxylation is 1. The molecule has 2 rings (SSSR count). The number of thioether (sulfide) groups is 1. The number of hydrogen-bond donors (Lipinski definition) is 2. The molecule has 0 saturated carbocycles. The van der Waals surface area contributed by atoms with Crippen molar-refractivity contribution in [1.82, 2.24) is 0 Å². The van der Waals surface area contributed by atoms with E-state index in [0.29, 0.717) is 6.04 Å². The van der Waals surface area contributed by atoms with Crippen LogP contribution in [0, 0.1) is 6.92 Å². The summed E-state index contributed by atoms with van der Waals surface area (Å²) in [6, 6.07) is 4.84. The van der Waals surface area contributed by atoms with E-state index >= 15 is 0 Å². The van der Waals surface area contributed by atoms with Crippen molar-refractivity contribution in [3.63, 3.8) is 0 Å². The second-order valence-corrected chi connectivity index (χ2v) is 6.05. The first-order valence-electron chi connectivity index (χ1n) is 5.51. The topological polar surface area (TPSA) is 32.3 Å². The smallest absolute Gasteiger partial charge is 0.0625 e. The third kappa shape index (κ3) is 2.73. The second-order valence-electron chi connectivity index (χ2n) is 4.14. The number of nitrogens with one attached hydrogen (secondary N) is 1. The van der Waals surface area contributed by atoms with E-state index in [4.69, 9.17) is 5.11 Å². The molecular formula is C12H16BrNOS. The number of aliphatic hydroxyl groups excluding tert-OH is 1. The van der Waals surface area contributed by atoms with E-state index in [9.17, 15) is 0 Å². The molecule has 0 amide bonds. The molecule has 0 aliphatic carbocycles. The molecule has 88 valence electrons. The first kappa shape index (κ1) is 12.3. The number of hydrogen-bond acceptors (Lipinski definition) is 3. The lowest BCUT2D eigenvalue weighted by atomic mass is 10.1. The van der Waals surface area contributed by atoms with Gasteiger partial charge in [-0.1, -0.05) is 0 Å². The Balaban J connectivity index is 2.14. The van der Waals surface area contributed by atoms with Gasteiger partial charge in [-0.25, -0.2) is 0 Å². The van der Waals surface area contributed by atoms with Crippen LogP contribution < -0.4 is 5.32 Å². The Hall–Kier alpha value is -0.190. The predicted octanol–water partition coefficient (Wildman–Crippen LogP) is 3.42. The number of halogens is 1. The first-order chi connectivity index (χ1) is 7.70. The van der Waals surface area contributed by atoms with Crippen LogP contribution in [-0.4, -0.2) is 23.5 Å². The molecule has 0 saturated heterocycles. The normalized spacial score (nSPS) is 19.1. The minimum Gasteiger partial charge on any atom is -0.396 e. The molecule has 0 radical (unpaired) electrons. The van der Waals surface area contributed by atoms with Gasteiger partial charge in [0.05, 0.1) is 5.69 Å². The summed E-state index contributed by atoms with van der Waals surface area (Å²) in [5.74, 6) is 1.09. The molecular weight excluding hydrogens is 286 g/mol. The molecule has 2 nitrogen and oxygen atoms in total. The van der Waals surface area contributed by atoms with Gasteiger partial charge in [0.2, 0.25) is 0 Å². The molecule has 16 heavy (non-hydrogen) atoms. The highest BCUT2D eigenvalue weighted by atomic mass is 79.9. The van der Waals surface area contributed by atoms with E-state index in [2.05, 4.69) is 40.3 Å². The van der Waals surface area contributed by atoms with Crippen molar-refractivity contribution in [2.24, 2.45) is 0 Å². The molecule has 0 spiro atoms. The molecule has 4 heteroatoms. The van der Waals surface area contributed by atoms with Crippen LogP contribution in [-0.2, 0) is 0 Å². The van der Waals surface area contributed by atoms with Crippen molar-refractivity contribution in [2.75, 3.05) is 17.7 Å². The SMILES string of the molecule is Cc1cc(Br)c2c(c1)SCC(CCCO)N2. The van der Waals surface area contributed by atoms with Crippen LogP contribution in [0.5, 0.6) is 0 Å². The number of benzene rings is 1. The first-order valence-corrected chi connectivity index (χ1v) is 7.29. The average molecular weight is 302 g/mol. The molecule has 0 aromatic heterocycles.